The van der Waals surface area contributed by atoms with Gasteiger partial charge >= 0.3 is 0 Å². The summed E-state index contributed by atoms with van der Waals surface area (Å²) in [4.78, 5) is 2.10. The Hall–Kier alpha value is -1.33. The van der Waals surface area contributed by atoms with Crippen LogP contribution in [0.5, 0.6) is 0 Å². The zero-order valence-electron chi connectivity index (χ0n) is 10.4. The van der Waals surface area contributed by atoms with Gasteiger partial charge in [-0.15, -0.1) is 0 Å². The number of ether oxygens (including phenoxy) is 1. The Morgan fingerprint density at radius 3 is 2.82 bits per heavy atom. The monoisotopic (exact) mass is 241 g/mol. The average Bonchev–Trinajstić information content (AvgIpc) is 2.30. The van der Waals surface area contributed by atoms with Crippen LogP contribution in [0.4, 0.5) is 15.8 Å². The van der Waals surface area contributed by atoms with E-state index in [0.717, 1.165) is 13.1 Å². The van der Waals surface area contributed by atoms with Gasteiger partial charge in [-0.1, -0.05) is 6.07 Å². The maximum absolute atomic E-state index is 13.4. The Kier molecular flexibility index (Phi) is 5.72. The molecule has 1 aromatic carbocycles. The van der Waals surface area contributed by atoms with Crippen LogP contribution in [0.25, 0.3) is 0 Å². The fourth-order valence-corrected chi connectivity index (χ4v) is 1.46. The predicted molar refractivity (Wildman–Crippen MR) is 68.7 cm³/mol. The molecule has 0 aliphatic carbocycles. The Morgan fingerprint density at radius 2 is 2.18 bits per heavy atom. The van der Waals surface area contributed by atoms with E-state index >= 15 is 0 Å². The molecule has 0 saturated heterocycles. The van der Waals surface area contributed by atoms with E-state index < -0.39 is 0 Å². The lowest BCUT2D eigenvalue weighted by Gasteiger charge is -2.17. The number of anilines is 2. The minimum Gasteiger partial charge on any atom is -0.397 e. The number of nitrogens with one attached hydrogen (secondary N) is 1. The molecule has 0 fully saturated rings. The van der Waals surface area contributed by atoms with E-state index in [1.165, 1.54) is 6.07 Å². The molecular formula is C12H20FN3O. The smallest absolute Gasteiger partial charge is 0.148 e. The van der Waals surface area contributed by atoms with Crippen LogP contribution in [-0.4, -0.2) is 45.3 Å². The van der Waals surface area contributed by atoms with Crippen molar-refractivity contribution in [1.82, 2.24) is 4.90 Å². The summed E-state index contributed by atoms with van der Waals surface area (Å²) in [5.41, 5.74) is 6.50. The molecule has 0 radical (unpaired) electrons. The number of para-hydroxylation sites is 1. The number of methoxy groups -OCH3 is 1. The number of hydrogen-bond donors (Lipinski definition) is 2. The third kappa shape index (κ3) is 4.58. The summed E-state index contributed by atoms with van der Waals surface area (Å²) in [6, 6.07) is 4.67. The molecule has 96 valence electrons. The van der Waals surface area contributed by atoms with Crippen molar-refractivity contribution in [1.29, 1.82) is 0 Å². The SMILES string of the molecule is COCCN(C)CCNc1c(N)cccc1F. The number of rotatable bonds is 7. The van der Waals surface area contributed by atoms with E-state index in [1.807, 2.05) is 7.05 Å². The van der Waals surface area contributed by atoms with Gasteiger partial charge in [0.15, 0.2) is 0 Å². The molecule has 0 aliphatic rings. The van der Waals surface area contributed by atoms with Crippen molar-refractivity contribution < 1.29 is 9.13 Å². The van der Waals surface area contributed by atoms with Gasteiger partial charge in [0.1, 0.15) is 5.82 Å². The molecule has 17 heavy (non-hydrogen) atoms. The molecule has 0 aliphatic heterocycles. The third-order valence-electron chi connectivity index (χ3n) is 2.52. The third-order valence-corrected chi connectivity index (χ3v) is 2.52. The highest BCUT2D eigenvalue weighted by atomic mass is 19.1. The van der Waals surface area contributed by atoms with E-state index in [0.29, 0.717) is 24.5 Å². The second-order valence-corrected chi connectivity index (χ2v) is 3.93. The predicted octanol–water partition coefficient (Wildman–Crippen LogP) is 1.40. The number of nitrogen functional groups attached to an aromatic ring is 1. The number of halogens is 1. The molecule has 0 aromatic heterocycles. The second kappa shape index (κ2) is 7.09. The zero-order chi connectivity index (χ0) is 12.7. The minimum atomic E-state index is -0.315. The summed E-state index contributed by atoms with van der Waals surface area (Å²) >= 11 is 0. The highest BCUT2D eigenvalue weighted by Crippen LogP contribution is 2.21. The van der Waals surface area contributed by atoms with Gasteiger partial charge in [0.25, 0.3) is 0 Å². The number of benzene rings is 1. The Bertz CT molecular complexity index is 326. The lowest BCUT2D eigenvalue weighted by molar-refractivity contribution is 0.163. The fraction of sp³-hybridized carbons (Fsp3) is 0.500. The first kappa shape index (κ1) is 13.7. The first-order chi connectivity index (χ1) is 8.15. The number of likely N-dealkylation sites (N-methyl/N-ethyl adjacent to an activating group) is 1. The molecule has 0 saturated carbocycles. The number of nitrogens with two attached hydrogens (primary N) is 1. The molecule has 5 heteroatoms. The van der Waals surface area contributed by atoms with Gasteiger partial charge in [0.05, 0.1) is 18.0 Å². The first-order valence-electron chi connectivity index (χ1n) is 5.60. The molecule has 1 rings (SSSR count). The van der Waals surface area contributed by atoms with Crippen LogP contribution in [0.3, 0.4) is 0 Å². The summed E-state index contributed by atoms with van der Waals surface area (Å²) in [7, 11) is 3.66. The van der Waals surface area contributed by atoms with Gasteiger partial charge in [0, 0.05) is 26.7 Å². The van der Waals surface area contributed by atoms with E-state index in [2.05, 4.69) is 10.2 Å². The molecule has 0 bridgehead atoms. The molecule has 1 aromatic rings. The molecule has 0 heterocycles. The molecule has 0 spiro atoms. The topological polar surface area (TPSA) is 50.5 Å². The van der Waals surface area contributed by atoms with Crippen LogP contribution in [-0.2, 0) is 4.74 Å². The van der Waals surface area contributed by atoms with Crippen LogP contribution in [0.15, 0.2) is 18.2 Å². The summed E-state index contributed by atoms with van der Waals surface area (Å²) in [6.07, 6.45) is 0. The Balaban J connectivity index is 2.35. The lowest BCUT2D eigenvalue weighted by Crippen LogP contribution is -2.28. The second-order valence-electron chi connectivity index (χ2n) is 3.93. The van der Waals surface area contributed by atoms with Gasteiger partial charge in [0.2, 0.25) is 0 Å². The number of nitrogens with zero attached hydrogens (tertiary/aromatic N) is 1. The van der Waals surface area contributed by atoms with Crippen LogP contribution in [0.2, 0.25) is 0 Å². The molecular weight excluding hydrogens is 221 g/mol. The van der Waals surface area contributed by atoms with Gasteiger partial charge in [-0.25, -0.2) is 4.39 Å². The minimum absolute atomic E-state index is 0.315. The Labute approximate surface area is 102 Å². The van der Waals surface area contributed by atoms with Crippen LogP contribution in [0, 0.1) is 5.82 Å². The van der Waals surface area contributed by atoms with E-state index in [4.69, 9.17) is 10.5 Å². The largest absolute Gasteiger partial charge is 0.397 e. The quantitative estimate of drug-likeness (QED) is 0.708. The van der Waals surface area contributed by atoms with Crippen molar-refractivity contribution in [2.75, 3.05) is 51.4 Å². The normalized spacial score (nSPS) is 10.8. The maximum atomic E-state index is 13.4. The maximum Gasteiger partial charge on any atom is 0.148 e. The van der Waals surface area contributed by atoms with E-state index in [1.54, 1.807) is 19.2 Å². The van der Waals surface area contributed by atoms with Gasteiger partial charge in [-0.05, 0) is 19.2 Å². The van der Waals surface area contributed by atoms with Crippen molar-refractivity contribution in [3.63, 3.8) is 0 Å². The zero-order valence-corrected chi connectivity index (χ0v) is 10.4. The van der Waals surface area contributed by atoms with Crippen molar-refractivity contribution in [2.45, 2.75) is 0 Å². The standard InChI is InChI=1S/C12H20FN3O/c1-16(8-9-17-2)7-6-15-12-10(13)4-3-5-11(12)14/h3-5,15H,6-9,14H2,1-2H3. The van der Waals surface area contributed by atoms with Crippen LogP contribution < -0.4 is 11.1 Å². The van der Waals surface area contributed by atoms with Crippen molar-refractivity contribution in [2.24, 2.45) is 0 Å². The van der Waals surface area contributed by atoms with Crippen molar-refractivity contribution in [3.05, 3.63) is 24.0 Å². The van der Waals surface area contributed by atoms with Crippen LogP contribution in [0.1, 0.15) is 0 Å². The molecule has 0 unspecified atom stereocenters. The summed E-state index contributed by atoms with van der Waals surface area (Å²) in [5, 5.41) is 3.01. The van der Waals surface area contributed by atoms with Crippen molar-refractivity contribution >= 4 is 11.4 Å². The summed E-state index contributed by atoms with van der Waals surface area (Å²) < 4.78 is 18.4. The van der Waals surface area contributed by atoms with Gasteiger partial charge in [-0.3, -0.25) is 0 Å². The average molecular weight is 241 g/mol. The van der Waals surface area contributed by atoms with E-state index in [9.17, 15) is 4.39 Å². The van der Waals surface area contributed by atoms with Gasteiger partial charge in [-0.2, -0.15) is 0 Å². The molecule has 0 atom stereocenters. The van der Waals surface area contributed by atoms with E-state index in [-0.39, 0.29) is 5.82 Å². The summed E-state index contributed by atoms with van der Waals surface area (Å²) in [6.45, 7) is 2.99. The van der Waals surface area contributed by atoms with Gasteiger partial charge < -0.3 is 20.7 Å². The number of hydrogen-bond acceptors (Lipinski definition) is 4. The highest BCUT2D eigenvalue weighted by Gasteiger charge is 2.05. The van der Waals surface area contributed by atoms with Crippen LogP contribution >= 0.6 is 0 Å². The lowest BCUT2D eigenvalue weighted by atomic mass is 10.2. The highest BCUT2D eigenvalue weighted by molar-refractivity contribution is 5.66. The molecule has 4 nitrogen and oxygen atoms in total. The fourth-order valence-electron chi connectivity index (χ4n) is 1.46. The Morgan fingerprint density at radius 1 is 1.41 bits per heavy atom. The first-order valence-corrected chi connectivity index (χ1v) is 5.60. The summed E-state index contributed by atoms with van der Waals surface area (Å²) in [5.74, 6) is -0.315. The molecule has 0 amide bonds. The molecule has 3 N–H and O–H groups in total. The van der Waals surface area contributed by atoms with Crippen molar-refractivity contribution in [3.8, 4) is 0 Å².